The summed E-state index contributed by atoms with van der Waals surface area (Å²) >= 11 is 7.35. The molecule has 1 aliphatic heterocycles. The average Bonchev–Trinajstić information content (AvgIpc) is 2.47. The Hall–Kier alpha value is -1.00. The van der Waals surface area contributed by atoms with E-state index >= 15 is 0 Å². The van der Waals surface area contributed by atoms with E-state index in [0.29, 0.717) is 13.2 Å². The van der Waals surface area contributed by atoms with Gasteiger partial charge in [0.15, 0.2) is 11.5 Å². The summed E-state index contributed by atoms with van der Waals surface area (Å²) in [5.74, 6) is 1.61. The number of hydrogen-bond donors (Lipinski definition) is 0. The molecule has 1 atom stereocenters. The lowest BCUT2D eigenvalue weighted by molar-refractivity contribution is 0.171. The number of hydrogen-bond acceptors (Lipinski definition) is 2. The molecule has 19 heavy (non-hydrogen) atoms. The third-order valence-corrected chi connectivity index (χ3v) is 4.74. The number of benzene rings is 2. The molecular formula is C15H12Br2O2. The lowest BCUT2D eigenvalue weighted by Crippen LogP contribution is -2.15. The molecule has 2 aromatic rings. The molecule has 4 heteroatoms. The maximum atomic E-state index is 5.64. The van der Waals surface area contributed by atoms with E-state index in [4.69, 9.17) is 9.47 Å². The van der Waals surface area contributed by atoms with Gasteiger partial charge < -0.3 is 9.47 Å². The van der Waals surface area contributed by atoms with E-state index in [1.54, 1.807) is 0 Å². The van der Waals surface area contributed by atoms with Crippen LogP contribution in [0, 0.1) is 0 Å². The predicted molar refractivity (Wildman–Crippen MR) is 82.3 cm³/mol. The fraction of sp³-hybridized carbons (Fsp3) is 0.200. The highest BCUT2D eigenvalue weighted by atomic mass is 79.9. The lowest BCUT2D eigenvalue weighted by Gasteiger charge is -2.21. The first kappa shape index (κ1) is 13.0. The molecule has 0 aromatic heterocycles. The zero-order chi connectivity index (χ0) is 13.2. The smallest absolute Gasteiger partial charge is 0.162 e. The number of alkyl halides is 1. The first-order valence-electron chi connectivity index (χ1n) is 6.04. The summed E-state index contributed by atoms with van der Waals surface area (Å²) in [6.45, 7) is 1.21. The number of rotatable bonds is 2. The van der Waals surface area contributed by atoms with Crippen molar-refractivity contribution in [1.29, 1.82) is 0 Å². The molecule has 0 saturated heterocycles. The molecule has 0 radical (unpaired) electrons. The molecule has 0 fully saturated rings. The molecule has 98 valence electrons. The van der Waals surface area contributed by atoms with Gasteiger partial charge in [0.25, 0.3) is 0 Å². The van der Waals surface area contributed by atoms with Crippen molar-refractivity contribution in [2.75, 3.05) is 13.2 Å². The Balaban J connectivity index is 2.01. The molecule has 1 unspecified atom stereocenters. The highest BCUT2D eigenvalue weighted by Gasteiger charge is 2.19. The number of ether oxygens (including phenoxy) is 2. The van der Waals surface area contributed by atoms with Crippen LogP contribution in [-0.2, 0) is 0 Å². The van der Waals surface area contributed by atoms with Gasteiger partial charge in [-0.05, 0) is 23.3 Å². The third-order valence-electron chi connectivity index (χ3n) is 3.03. The van der Waals surface area contributed by atoms with Crippen molar-refractivity contribution in [3.8, 4) is 11.5 Å². The largest absolute Gasteiger partial charge is 0.486 e. The minimum Gasteiger partial charge on any atom is -0.486 e. The quantitative estimate of drug-likeness (QED) is 0.699. The van der Waals surface area contributed by atoms with Crippen LogP contribution in [0.5, 0.6) is 11.5 Å². The molecule has 1 aliphatic rings. The fourth-order valence-electron chi connectivity index (χ4n) is 2.08. The van der Waals surface area contributed by atoms with Gasteiger partial charge in [-0.15, -0.1) is 0 Å². The van der Waals surface area contributed by atoms with Gasteiger partial charge in [-0.25, -0.2) is 0 Å². The summed E-state index contributed by atoms with van der Waals surface area (Å²) in [5.41, 5.74) is 2.34. The summed E-state index contributed by atoms with van der Waals surface area (Å²) in [5, 5.41) is 0. The fourth-order valence-corrected chi connectivity index (χ4v) is 3.62. The molecule has 0 aliphatic carbocycles. The van der Waals surface area contributed by atoms with Crippen molar-refractivity contribution in [1.82, 2.24) is 0 Å². The van der Waals surface area contributed by atoms with E-state index in [2.05, 4.69) is 44.0 Å². The Bertz CT molecular complexity index is 584. The third kappa shape index (κ3) is 2.65. The van der Waals surface area contributed by atoms with Crippen LogP contribution in [-0.4, -0.2) is 13.2 Å². The molecule has 1 heterocycles. The Labute approximate surface area is 129 Å². The van der Waals surface area contributed by atoms with Crippen molar-refractivity contribution >= 4 is 31.9 Å². The molecule has 0 saturated carbocycles. The van der Waals surface area contributed by atoms with E-state index in [0.717, 1.165) is 21.5 Å². The highest BCUT2D eigenvalue weighted by Crippen LogP contribution is 2.42. The van der Waals surface area contributed by atoms with Crippen LogP contribution in [0.1, 0.15) is 16.0 Å². The molecule has 2 nitrogen and oxygen atoms in total. The van der Waals surface area contributed by atoms with E-state index in [1.165, 1.54) is 5.56 Å². The second-order valence-electron chi connectivity index (χ2n) is 4.29. The molecule has 2 aromatic carbocycles. The standard InChI is InChI=1S/C15H12Br2O2/c16-12-9-14-13(18-6-7-19-14)8-11(12)15(17)10-4-2-1-3-5-10/h1-5,8-9,15H,6-7H2. The Kier molecular flexibility index (Phi) is 3.80. The van der Waals surface area contributed by atoms with Crippen molar-refractivity contribution in [3.63, 3.8) is 0 Å². The van der Waals surface area contributed by atoms with Gasteiger partial charge in [0.2, 0.25) is 0 Å². The van der Waals surface area contributed by atoms with Crippen LogP contribution in [0.15, 0.2) is 46.9 Å². The Morgan fingerprint density at radius 1 is 0.947 bits per heavy atom. The molecular weight excluding hydrogens is 372 g/mol. The molecule has 3 rings (SSSR count). The van der Waals surface area contributed by atoms with Crippen molar-refractivity contribution < 1.29 is 9.47 Å². The minimum absolute atomic E-state index is 0.124. The second-order valence-corrected chi connectivity index (χ2v) is 6.06. The van der Waals surface area contributed by atoms with E-state index < -0.39 is 0 Å². The maximum Gasteiger partial charge on any atom is 0.162 e. The molecule has 0 amide bonds. The summed E-state index contributed by atoms with van der Waals surface area (Å²) in [4.78, 5) is 0.124. The van der Waals surface area contributed by atoms with Gasteiger partial charge in [0.1, 0.15) is 13.2 Å². The van der Waals surface area contributed by atoms with Gasteiger partial charge in [-0.2, -0.15) is 0 Å². The van der Waals surface area contributed by atoms with Gasteiger partial charge >= 0.3 is 0 Å². The van der Waals surface area contributed by atoms with Crippen LogP contribution in [0.4, 0.5) is 0 Å². The zero-order valence-corrected chi connectivity index (χ0v) is 13.3. The van der Waals surface area contributed by atoms with E-state index in [9.17, 15) is 0 Å². The van der Waals surface area contributed by atoms with Crippen LogP contribution in [0.3, 0.4) is 0 Å². The molecule has 0 bridgehead atoms. The number of halogens is 2. The molecule has 0 spiro atoms. The average molecular weight is 384 g/mol. The highest BCUT2D eigenvalue weighted by molar-refractivity contribution is 9.11. The van der Waals surface area contributed by atoms with Crippen molar-refractivity contribution in [2.45, 2.75) is 4.83 Å². The van der Waals surface area contributed by atoms with Crippen molar-refractivity contribution in [3.05, 3.63) is 58.1 Å². The summed E-state index contributed by atoms with van der Waals surface area (Å²) in [7, 11) is 0. The Morgan fingerprint density at radius 3 is 2.26 bits per heavy atom. The Morgan fingerprint density at radius 2 is 1.58 bits per heavy atom. The predicted octanol–water partition coefficient (Wildman–Crippen LogP) is 4.70. The van der Waals surface area contributed by atoms with Crippen LogP contribution < -0.4 is 9.47 Å². The van der Waals surface area contributed by atoms with Gasteiger partial charge in [0, 0.05) is 4.47 Å². The maximum absolute atomic E-state index is 5.64. The van der Waals surface area contributed by atoms with Gasteiger partial charge in [-0.1, -0.05) is 62.2 Å². The summed E-state index contributed by atoms with van der Waals surface area (Å²) in [6, 6.07) is 14.3. The van der Waals surface area contributed by atoms with Crippen LogP contribution in [0.25, 0.3) is 0 Å². The lowest BCUT2D eigenvalue weighted by atomic mass is 10.0. The number of fused-ring (bicyclic) bond motifs is 1. The van der Waals surface area contributed by atoms with Crippen LogP contribution >= 0.6 is 31.9 Å². The first-order chi connectivity index (χ1) is 9.25. The summed E-state index contributed by atoms with van der Waals surface area (Å²) in [6.07, 6.45) is 0. The first-order valence-corrected chi connectivity index (χ1v) is 7.74. The van der Waals surface area contributed by atoms with Crippen LogP contribution in [0.2, 0.25) is 0 Å². The SMILES string of the molecule is Brc1cc2c(cc1C(Br)c1ccccc1)OCCO2. The normalized spacial score (nSPS) is 15.1. The second kappa shape index (κ2) is 5.55. The zero-order valence-electron chi connectivity index (χ0n) is 10.1. The summed E-state index contributed by atoms with van der Waals surface area (Å²) < 4.78 is 12.2. The monoisotopic (exact) mass is 382 g/mol. The van der Waals surface area contributed by atoms with Gasteiger partial charge in [0.05, 0.1) is 4.83 Å². The minimum atomic E-state index is 0.124. The van der Waals surface area contributed by atoms with E-state index in [1.807, 2.05) is 30.3 Å². The molecule has 0 N–H and O–H groups in total. The van der Waals surface area contributed by atoms with Crippen molar-refractivity contribution in [2.24, 2.45) is 0 Å². The topological polar surface area (TPSA) is 18.5 Å². The van der Waals surface area contributed by atoms with E-state index in [-0.39, 0.29) is 4.83 Å². The van der Waals surface area contributed by atoms with Gasteiger partial charge in [-0.3, -0.25) is 0 Å².